The molecule has 0 spiro atoms. The van der Waals surface area contributed by atoms with Gasteiger partial charge in [0.2, 0.25) is 0 Å². The van der Waals surface area contributed by atoms with Crippen LogP contribution in [0.4, 0.5) is 11.4 Å². The summed E-state index contributed by atoms with van der Waals surface area (Å²) in [4.78, 5) is 11.5. The molecule has 2 fully saturated rings. The first-order valence-electron chi connectivity index (χ1n) is 6.82. The van der Waals surface area contributed by atoms with Crippen LogP contribution in [0, 0.1) is 11.8 Å². The van der Waals surface area contributed by atoms with Gasteiger partial charge in [-0.3, -0.25) is 4.79 Å². The number of Topliss-reactive ketones (excluding diaryl/α,β-unsaturated/α-hetero) is 1. The minimum Gasteiger partial charge on any atom is -0.398 e. The monoisotopic (exact) mass is 244 g/mol. The van der Waals surface area contributed by atoms with Gasteiger partial charge in [-0.25, -0.2) is 0 Å². The Morgan fingerprint density at radius 2 is 1.89 bits per heavy atom. The summed E-state index contributed by atoms with van der Waals surface area (Å²) >= 11 is 0. The molecule has 2 aliphatic rings. The lowest BCUT2D eigenvalue weighted by Crippen LogP contribution is -2.24. The van der Waals surface area contributed by atoms with Crippen molar-refractivity contribution in [2.24, 2.45) is 11.8 Å². The van der Waals surface area contributed by atoms with E-state index in [-0.39, 0.29) is 5.78 Å². The fraction of sp³-hybridized carbons (Fsp3) is 0.533. The van der Waals surface area contributed by atoms with Gasteiger partial charge in [0.25, 0.3) is 0 Å². The molecule has 0 aliphatic heterocycles. The minimum absolute atomic E-state index is 0.0329. The van der Waals surface area contributed by atoms with Gasteiger partial charge in [0.05, 0.1) is 0 Å². The number of carbonyl (C=O) groups is 1. The predicted octanol–water partition coefficient (Wildman–Crippen LogP) is 3.07. The van der Waals surface area contributed by atoms with Gasteiger partial charge >= 0.3 is 0 Å². The van der Waals surface area contributed by atoms with Gasteiger partial charge in [-0.2, -0.15) is 0 Å². The third kappa shape index (κ3) is 2.35. The Kier molecular flexibility index (Phi) is 2.77. The molecule has 0 saturated heterocycles. The predicted molar refractivity (Wildman–Crippen MR) is 73.7 cm³/mol. The molecule has 0 amide bonds. The Labute approximate surface area is 108 Å². The smallest absolute Gasteiger partial charge is 0.161 e. The zero-order valence-corrected chi connectivity index (χ0v) is 10.8. The molecule has 3 heteroatoms. The number of hydrogen-bond acceptors (Lipinski definition) is 3. The standard InChI is InChI=1S/C15H20N2O/c1-9(18)13-8-12(6-7-14(13)16)17-15(10-2-3-10)11-4-5-11/h6-8,10-11,15,17H,2-5,16H2,1H3. The van der Waals surface area contributed by atoms with Crippen LogP contribution in [0.25, 0.3) is 0 Å². The number of carbonyl (C=O) groups excluding carboxylic acids is 1. The Morgan fingerprint density at radius 1 is 1.28 bits per heavy atom. The zero-order chi connectivity index (χ0) is 12.7. The van der Waals surface area contributed by atoms with Gasteiger partial charge in [-0.15, -0.1) is 0 Å². The maximum absolute atomic E-state index is 11.5. The second-order valence-electron chi connectivity index (χ2n) is 5.70. The van der Waals surface area contributed by atoms with Crippen LogP contribution in [0.15, 0.2) is 18.2 Å². The first kappa shape index (κ1) is 11.6. The quantitative estimate of drug-likeness (QED) is 0.618. The number of ketones is 1. The molecule has 0 bridgehead atoms. The van der Waals surface area contributed by atoms with Crippen molar-refractivity contribution in [3.05, 3.63) is 23.8 Å². The van der Waals surface area contributed by atoms with Crippen molar-refractivity contribution in [3.63, 3.8) is 0 Å². The fourth-order valence-electron chi connectivity index (χ4n) is 2.67. The Hall–Kier alpha value is -1.51. The van der Waals surface area contributed by atoms with Gasteiger partial charge in [0.15, 0.2) is 5.78 Å². The van der Waals surface area contributed by atoms with Crippen molar-refractivity contribution < 1.29 is 4.79 Å². The van der Waals surface area contributed by atoms with E-state index in [4.69, 9.17) is 5.73 Å². The summed E-state index contributed by atoms with van der Waals surface area (Å²) in [5, 5.41) is 3.62. The molecule has 0 atom stereocenters. The lowest BCUT2D eigenvalue weighted by Gasteiger charge is -2.19. The Bertz CT molecular complexity index is 463. The minimum atomic E-state index is 0.0329. The van der Waals surface area contributed by atoms with Crippen LogP contribution < -0.4 is 11.1 Å². The highest BCUT2D eigenvalue weighted by molar-refractivity contribution is 6.00. The number of rotatable bonds is 5. The summed E-state index contributed by atoms with van der Waals surface area (Å²) in [6, 6.07) is 6.32. The van der Waals surface area contributed by atoms with E-state index < -0.39 is 0 Å². The third-order valence-electron chi connectivity index (χ3n) is 4.03. The summed E-state index contributed by atoms with van der Waals surface area (Å²) in [5.74, 6) is 1.72. The van der Waals surface area contributed by atoms with Crippen molar-refractivity contribution in [3.8, 4) is 0 Å². The molecule has 2 saturated carbocycles. The molecule has 96 valence electrons. The van der Waals surface area contributed by atoms with E-state index in [0.29, 0.717) is 17.3 Å². The highest BCUT2D eigenvalue weighted by Gasteiger charge is 2.41. The molecule has 3 rings (SSSR count). The third-order valence-corrected chi connectivity index (χ3v) is 4.03. The molecular weight excluding hydrogens is 224 g/mol. The van der Waals surface area contributed by atoms with E-state index in [9.17, 15) is 4.79 Å². The van der Waals surface area contributed by atoms with Crippen molar-refractivity contribution in [1.82, 2.24) is 0 Å². The number of hydrogen-bond donors (Lipinski definition) is 2. The van der Waals surface area contributed by atoms with Gasteiger partial charge < -0.3 is 11.1 Å². The lowest BCUT2D eigenvalue weighted by molar-refractivity contribution is 0.101. The van der Waals surface area contributed by atoms with Gasteiger partial charge in [0, 0.05) is 23.0 Å². The summed E-state index contributed by atoms with van der Waals surface area (Å²) in [6.07, 6.45) is 5.40. The van der Waals surface area contributed by atoms with Crippen LogP contribution in [0.1, 0.15) is 43.0 Å². The van der Waals surface area contributed by atoms with Crippen molar-refractivity contribution in [2.45, 2.75) is 38.6 Å². The molecule has 0 radical (unpaired) electrons. The maximum Gasteiger partial charge on any atom is 0.161 e. The average molecular weight is 244 g/mol. The molecule has 2 aliphatic carbocycles. The number of benzene rings is 1. The SMILES string of the molecule is CC(=O)c1cc(NC(C2CC2)C2CC2)ccc1N. The van der Waals surface area contributed by atoms with E-state index >= 15 is 0 Å². The van der Waals surface area contributed by atoms with Gasteiger partial charge in [0.1, 0.15) is 0 Å². The summed E-state index contributed by atoms with van der Waals surface area (Å²) < 4.78 is 0. The van der Waals surface area contributed by atoms with Crippen molar-refractivity contribution in [1.29, 1.82) is 0 Å². The van der Waals surface area contributed by atoms with Crippen LogP contribution >= 0.6 is 0 Å². The van der Waals surface area contributed by atoms with Crippen LogP contribution in [0.2, 0.25) is 0 Å². The van der Waals surface area contributed by atoms with Crippen molar-refractivity contribution in [2.75, 3.05) is 11.1 Å². The highest BCUT2D eigenvalue weighted by Crippen LogP contribution is 2.45. The molecule has 0 aromatic heterocycles. The normalized spacial score (nSPS) is 19.0. The molecular formula is C15H20N2O. The van der Waals surface area contributed by atoms with Crippen molar-refractivity contribution >= 4 is 17.2 Å². The molecule has 3 nitrogen and oxygen atoms in total. The second kappa shape index (κ2) is 4.30. The van der Waals surface area contributed by atoms with E-state index in [1.807, 2.05) is 18.2 Å². The van der Waals surface area contributed by atoms with Crippen LogP contribution in [0.3, 0.4) is 0 Å². The first-order chi connectivity index (χ1) is 8.65. The number of nitrogens with one attached hydrogen (secondary N) is 1. The molecule has 0 heterocycles. The Morgan fingerprint density at radius 3 is 2.39 bits per heavy atom. The highest BCUT2D eigenvalue weighted by atomic mass is 16.1. The average Bonchev–Trinajstić information content (AvgIpc) is 3.20. The van der Waals surface area contributed by atoms with Crippen LogP contribution in [0.5, 0.6) is 0 Å². The summed E-state index contributed by atoms with van der Waals surface area (Å²) in [5.41, 5.74) is 8.06. The fourth-order valence-corrected chi connectivity index (χ4v) is 2.67. The number of anilines is 2. The van der Waals surface area contributed by atoms with Gasteiger partial charge in [-0.1, -0.05) is 0 Å². The first-order valence-corrected chi connectivity index (χ1v) is 6.82. The van der Waals surface area contributed by atoms with Gasteiger partial charge in [-0.05, 0) is 62.6 Å². The van der Waals surface area contributed by atoms with E-state index in [2.05, 4.69) is 5.32 Å². The lowest BCUT2D eigenvalue weighted by atomic mass is 10.0. The summed E-state index contributed by atoms with van der Waals surface area (Å²) in [6.45, 7) is 1.56. The molecule has 1 aromatic rings. The van der Waals surface area contributed by atoms with Crippen LogP contribution in [-0.4, -0.2) is 11.8 Å². The number of nitrogens with two attached hydrogens (primary N) is 1. The summed E-state index contributed by atoms with van der Waals surface area (Å²) in [7, 11) is 0. The molecule has 18 heavy (non-hydrogen) atoms. The Balaban J connectivity index is 1.78. The largest absolute Gasteiger partial charge is 0.398 e. The van der Waals surface area contributed by atoms with E-state index in [0.717, 1.165) is 17.5 Å². The molecule has 0 unspecified atom stereocenters. The maximum atomic E-state index is 11.5. The van der Waals surface area contributed by atoms with Crippen LogP contribution in [-0.2, 0) is 0 Å². The molecule has 1 aromatic carbocycles. The number of nitrogen functional groups attached to an aromatic ring is 1. The molecule has 3 N–H and O–H groups in total. The van der Waals surface area contributed by atoms with E-state index in [1.165, 1.54) is 25.7 Å². The second-order valence-corrected chi connectivity index (χ2v) is 5.70. The topological polar surface area (TPSA) is 55.1 Å². The van der Waals surface area contributed by atoms with E-state index in [1.54, 1.807) is 6.92 Å². The zero-order valence-electron chi connectivity index (χ0n) is 10.8.